The molecule has 0 aromatic heterocycles. The van der Waals surface area contributed by atoms with Crippen LogP contribution in [0.3, 0.4) is 0 Å². The second-order valence-electron chi connectivity index (χ2n) is 9.31. The Morgan fingerprint density at radius 1 is 0.944 bits per heavy atom. The highest BCUT2D eigenvalue weighted by Gasteiger charge is 2.27. The summed E-state index contributed by atoms with van der Waals surface area (Å²) in [5.41, 5.74) is 4.04. The fourth-order valence-corrected chi connectivity index (χ4v) is 5.04. The van der Waals surface area contributed by atoms with Gasteiger partial charge in [-0.05, 0) is 68.4 Å². The number of anilines is 1. The average Bonchev–Trinajstić information content (AvgIpc) is 3.42. The number of carbonyl (C=O) groups excluding carboxylic acids is 1. The minimum absolute atomic E-state index is 0.00553. The second-order valence-corrected chi connectivity index (χ2v) is 10.1. The van der Waals surface area contributed by atoms with Crippen LogP contribution < -0.4 is 9.64 Å². The number of ether oxygens (including phenoxy) is 1. The lowest BCUT2D eigenvalue weighted by Crippen LogP contribution is -2.42. The largest absolute Gasteiger partial charge is 0.496 e. The van der Waals surface area contributed by atoms with Crippen molar-refractivity contribution in [2.75, 3.05) is 52.3 Å². The Balaban J connectivity index is 1.59. The molecule has 3 aromatic carbocycles. The zero-order chi connectivity index (χ0) is 25.7. The van der Waals surface area contributed by atoms with Gasteiger partial charge in [-0.2, -0.15) is 0 Å². The molecule has 190 valence electrons. The first-order chi connectivity index (χ1) is 17.4. The van der Waals surface area contributed by atoms with Gasteiger partial charge in [-0.1, -0.05) is 65.7 Å². The van der Waals surface area contributed by atoms with E-state index in [1.807, 2.05) is 25.2 Å². The van der Waals surface area contributed by atoms with Crippen LogP contribution >= 0.6 is 23.2 Å². The van der Waals surface area contributed by atoms with E-state index in [-0.39, 0.29) is 18.5 Å². The minimum atomic E-state index is -0.0258. The molecule has 7 heteroatoms. The van der Waals surface area contributed by atoms with Crippen LogP contribution in [0, 0.1) is 0 Å². The number of likely N-dealkylation sites (tertiary alicyclic amines) is 1. The summed E-state index contributed by atoms with van der Waals surface area (Å²) in [6.07, 6.45) is 2.42. The van der Waals surface area contributed by atoms with E-state index in [0.29, 0.717) is 15.7 Å². The first kappa shape index (κ1) is 26.5. The molecule has 36 heavy (non-hydrogen) atoms. The quantitative estimate of drug-likeness (QED) is 0.323. The number of rotatable bonds is 9. The first-order valence-electron chi connectivity index (χ1n) is 12.2. The Morgan fingerprint density at radius 2 is 1.67 bits per heavy atom. The molecule has 4 rings (SSSR count). The summed E-state index contributed by atoms with van der Waals surface area (Å²) in [6.45, 7) is 3.23. The summed E-state index contributed by atoms with van der Waals surface area (Å²) in [5, 5.41) is 0.896. The van der Waals surface area contributed by atoms with E-state index >= 15 is 0 Å². The third-order valence-corrected chi connectivity index (χ3v) is 7.65. The molecule has 0 radical (unpaired) electrons. The van der Waals surface area contributed by atoms with E-state index in [1.165, 1.54) is 12.8 Å². The van der Waals surface area contributed by atoms with Gasteiger partial charge < -0.3 is 14.5 Å². The van der Waals surface area contributed by atoms with Crippen molar-refractivity contribution in [3.63, 3.8) is 0 Å². The maximum atomic E-state index is 13.3. The molecule has 1 amide bonds. The highest BCUT2D eigenvalue weighted by atomic mass is 35.5. The topological polar surface area (TPSA) is 36.0 Å². The van der Waals surface area contributed by atoms with Gasteiger partial charge in [-0.3, -0.25) is 9.69 Å². The molecule has 1 atom stereocenters. The third-order valence-electron chi connectivity index (χ3n) is 6.91. The number of nitrogens with zero attached hydrogens (tertiary/aromatic N) is 3. The summed E-state index contributed by atoms with van der Waals surface area (Å²) >= 11 is 12.2. The van der Waals surface area contributed by atoms with Gasteiger partial charge in [-0.25, -0.2) is 0 Å². The fourth-order valence-electron chi connectivity index (χ4n) is 4.75. The van der Waals surface area contributed by atoms with Gasteiger partial charge >= 0.3 is 0 Å². The van der Waals surface area contributed by atoms with Gasteiger partial charge in [0.05, 0.1) is 29.7 Å². The third kappa shape index (κ3) is 6.22. The highest BCUT2D eigenvalue weighted by Crippen LogP contribution is 2.34. The van der Waals surface area contributed by atoms with Crippen LogP contribution in [-0.4, -0.2) is 63.1 Å². The lowest BCUT2D eigenvalue weighted by atomic mass is 9.98. The van der Waals surface area contributed by atoms with Crippen LogP contribution in [0.4, 0.5) is 5.69 Å². The molecule has 1 fully saturated rings. The Morgan fingerprint density at radius 3 is 2.33 bits per heavy atom. The average molecular weight is 527 g/mol. The molecule has 0 aliphatic carbocycles. The predicted molar refractivity (Wildman–Crippen MR) is 149 cm³/mol. The van der Waals surface area contributed by atoms with Crippen LogP contribution in [0.15, 0.2) is 66.7 Å². The van der Waals surface area contributed by atoms with Crippen molar-refractivity contribution in [2.45, 2.75) is 18.9 Å². The molecule has 3 aromatic rings. The molecule has 0 spiro atoms. The van der Waals surface area contributed by atoms with Gasteiger partial charge in [0.1, 0.15) is 5.75 Å². The van der Waals surface area contributed by atoms with Crippen molar-refractivity contribution in [1.29, 1.82) is 0 Å². The zero-order valence-corrected chi connectivity index (χ0v) is 22.6. The standard InChI is InChI=1S/C29H33Cl2N3O2/c1-32(20-29(35)33(2)23-12-14-25(30)26(31)18-23)27(19-34-15-7-8-16-34)24-13-11-22(17-28(24)36-3)21-9-5-4-6-10-21/h4-6,9-14,17-18,27H,7-8,15-16,19-20H2,1-3H3. The van der Waals surface area contributed by atoms with Crippen LogP contribution in [0.5, 0.6) is 5.75 Å². The van der Waals surface area contributed by atoms with E-state index < -0.39 is 0 Å². The van der Waals surface area contributed by atoms with E-state index in [2.05, 4.69) is 40.1 Å². The maximum absolute atomic E-state index is 13.3. The lowest BCUT2D eigenvalue weighted by Gasteiger charge is -2.33. The molecular weight excluding hydrogens is 493 g/mol. The van der Waals surface area contributed by atoms with Crippen LogP contribution in [0.2, 0.25) is 10.0 Å². The summed E-state index contributed by atoms with van der Waals surface area (Å²) in [5.74, 6) is 0.805. The van der Waals surface area contributed by atoms with E-state index in [9.17, 15) is 4.79 Å². The Labute approximate surface area is 224 Å². The molecule has 0 bridgehead atoms. The SMILES string of the molecule is COc1cc(-c2ccccc2)ccc1C(CN1CCCC1)N(C)CC(=O)N(C)c1ccc(Cl)c(Cl)c1. The van der Waals surface area contributed by atoms with Crippen molar-refractivity contribution < 1.29 is 9.53 Å². The van der Waals surface area contributed by atoms with Crippen molar-refractivity contribution in [3.8, 4) is 16.9 Å². The van der Waals surface area contributed by atoms with E-state index in [0.717, 1.165) is 42.1 Å². The summed E-state index contributed by atoms with van der Waals surface area (Å²) < 4.78 is 5.88. The fraction of sp³-hybridized carbons (Fsp3) is 0.345. The number of halogens is 2. The lowest BCUT2D eigenvalue weighted by molar-refractivity contribution is -0.119. The summed E-state index contributed by atoms with van der Waals surface area (Å²) in [6, 6.07) is 21.9. The van der Waals surface area contributed by atoms with Gasteiger partial charge in [0.2, 0.25) is 5.91 Å². The zero-order valence-electron chi connectivity index (χ0n) is 21.1. The number of likely N-dealkylation sites (N-methyl/N-ethyl adjacent to an activating group) is 2. The monoisotopic (exact) mass is 525 g/mol. The number of methoxy groups -OCH3 is 1. The van der Waals surface area contributed by atoms with Gasteiger partial charge in [-0.15, -0.1) is 0 Å². The number of hydrogen-bond acceptors (Lipinski definition) is 4. The number of amides is 1. The molecule has 1 aliphatic heterocycles. The molecule has 0 N–H and O–H groups in total. The van der Waals surface area contributed by atoms with Crippen molar-refractivity contribution in [1.82, 2.24) is 9.80 Å². The normalized spacial score (nSPS) is 14.7. The molecule has 1 heterocycles. The minimum Gasteiger partial charge on any atom is -0.496 e. The molecule has 0 saturated carbocycles. The molecular formula is C29H33Cl2N3O2. The highest BCUT2D eigenvalue weighted by molar-refractivity contribution is 6.42. The number of carbonyl (C=O) groups is 1. The molecule has 1 unspecified atom stereocenters. The second kappa shape index (κ2) is 12.1. The smallest absolute Gasteiger partial charge is 0.240 e. The van der Waals surface area contributed by atoms with Crippen LogP contribution in [0.25, 0.3) is 11.1 Å². The molecule has 1 saturated heterocycles. The van der Waals surface area contributed by atoms with Gasteiger partial charge in [0, 0.05) is 24.8 Å². The van der Waals surface area contributed by atoms with Crippen LogP contribution in [-0.2, 0) is 4.79 Å². The Hall–Kier alpha value is -2.57. The first-order valence-corrected chi connectivity index (χ1v) is 13.0. The van der Waals surface area contributed by atoms with Crippen molar-refractivity contribution in [3.05, 3.63) is 82.3 Å². The Bertz CT molecular complexity index is 1180. The number of benzene rings is 3. The van der Waals surface area contributed by atoms with E-state index in [1.54, 1.807) is 37.3 Å². The molecule has 5 nitrogen and oxygen atoms in total. The number of hydrogen-bond donors (Lipinski definition) is 0. The molecule has 1 aliphatic rings. The van der Waals surface area contributed by atoms with Crippen molar-refractivity contribution >= 4 is 34.8 Å². The van der Waals surface area contributed by atoms with Crippen molar-refractivity contribution in [2.24, 2.45) is 0 Å². The predicted octanol–water partition coefficient (Wildman–Crippen LogP) is 6.40. The van der Waals surface area contributed by atoms with Gasteiger partial charge in [0.25, 0.3) is 0 Å². The maximum Gasteiger partial charge on any atom is 0.240 e. The summed E-state index contributed by atoms with van der Waals surface area (Å²) in [7, 11) is 5.48. The van der Waals surface area contributed by atoms with Crippen LogP contribution in [0.1, 0.15) is 24.4 Å². The van der Waals surface area contributed by atoms with E-state index in [4.69, 9.17) is 27.9 Å². The summed E-state index contributed by atoms with van der Waals surface area (Å²) in [4.78, 5) is 19.5. The van der Waals surface area contributed by atoms with Gasteiger partial charge in [0.15, 0.2) is 0 Å². The Kier molecular flexibility index (Phi) is 8.91.